The molecule has 6 heteroatoms. The molecule has 0 aromatic rings. The summed E-state index contributed by atoms with van der Waals surface area (Å²) in [6, 6.07) is 0.367. The number of rotatable bonds is 3. The quantitative estimate of drug-likeness (QED) is 0.819. The van der Waals surface area contributed by atoms with E-state index in [9.17, 15) is 8.42 Å². The molecule has 3 heterocycles. The van der Waals surface area contributed by atoms with Gasteiger partial charge in [0.1, 0.15) is 0 Å². The zero-order valence-electron chi connectivity index (χ0n) is 11.3. The maximum Gasteiger partial charge on any atom is 0.154 e. The maximum absolute atomic E-state index is 11.8. The van der Waals surface area contributed by atoms with Crippen LogP contribution in [-0.4, -0.2) is 57.4 Å². The Morgan fingerprint density at radius 3 is 2.84 bits per heavy atom. The van der Waals surface area contributed by atoms with E-state index in [-0.39, 0.29) is 10.9 Å². The van der Waals surface area contributed by atoms with Crippen LogP contribution in [0.1, 0.15) is 32.1 Å². The summed E-state index contributed by atoms with van der Waals surface area (Å²) < 4.78 is 34.9. The molecule has 0 radical (unpaired) electrons. The predicted octanol–water partition coefficient (Wildman–Crippen LogP) is 0.491. The highest BCUT2D eigenvalue weighted by atomic mass is 32.2. The minimum Gasteiger partial charge on any atom is -0.378 e. The second-order valence-electron chi connectivity index (χ2n) is 6.06. The molecule has 3 fully saturated rings. The first-order chi connectivity index (χ1) is 9.10. The molecule has 3 aliphatic heterocycles. The standard InChI is InChI=1S/C13H23NO4S/c15-19(16)7-1-2-12(19)9-14-11-3-5-18-13(8-11)4-6-17-10-13/h11-12,14H,1-10H2. The van der Waals surface area contributed by atoms with Crippen LogP contribution in [0, 0.1) is 0 Å². The largest absolute Gasteiger partial charge is 0.378 e. The second-order valence-corrected chi connectivity index (χ2v) is 8.46. The molecule has 0 aromatic carbocycles. The highest BCUT2D eigenvalue weighted by Crippen LogP contribution is 2.33. The lowest BCUT2D eigenvalue weighted by atomic mass is 9.89. The summed E-state index contributed by atoms with van der Waals surface area (Å²) in [5, 5.41) is 3.28. The van der Waals surface area contributed by atoms with Crippen LogP contribution in [0.4, 0.5) is 0 Å². The first-order valence-electron chi connectivity index (χ1n) is 7.26. The van der Waals surface area contributed by atoms with Crippen LogP contribution in [0.5, 0.6) is 0 Å². The van der Waals surface area contributed by atoms with Crippen molar-refractivity contribution in [1.29, 1.82) is 0 Å². The molecular formula is C13H23NO4S. The molecule has 0 amide bonds. The molecule has 0 bridgehead atoms. The third-order valence-corrected chi connectivity index (χ3v) is 6.93. The average molecular weight is 289 g/mol. The molecule has 110 valence electrons. The van der Waals surface area contributed by atoms with Gasteiger partial charge in [0.05, 0.1) is 23.2 Å². The first-order valence-corrected chi connectivity index (χ1v) is 8.98. The number of hydrogen-bond acceptors (Lipinski definition) is 5. The minimum atomic E-state index is -2.83. The number of hydrogen-bond donors (Lipinski definition) is 1. The van der Waals surface area contributed by atoms with Crippen LogP contribution in [0.2, 0.25) is 0 Å². The molecule has 1 spiro atoms. The van der Waals surface area contributed by atoms with E-state index in [0.29, 0.717) is 24.9 Å². The van der Waals surface area contributed by atoms with Crippen molar-refractivity contribution in [3.63, 3.8) is 0 Å². The van der Waals surface area contributed by atoms with Crippen LogP contribution in [-0.2, 0) is 19.3 Å². The Balaban J connectivity index is 1.53. The van der Waals surface area contributed by atoms with E-state index >= 15 is 0 Å². The van der Waals surface area contributed by atoms with Crippen molar-refractivity contribution in [2.24, 2.45) is 0 Å². The molecule has 3 atom stereocenters. The Morgan fingerprint density at radius 2 is 2.16 bits per heavy atom. The van der Waals surface area contributed by atoms with Crippen molar-refractivity contribution < 1.29 is 17.9 Å². The van der Waals surface area contributed by atoms with E-state index in [1.807, 2.05) is 0 Å². The molecule has 3 unspecified atom stereocenters. The molecule has 1 N–H and O–H groups in total. The lowest BCUT2D eigenvalue weighted by molar-refractivity contribution is -0.0892. The lowest BCUT2D eigenvalue weighted by Gasteiger charge is -2.37. The summed E-state index contributed by atoms with van der Waals surface area (Å²) in [6.45, 7) is 2.82. The van der Waals surface area contributed by atoms with Crippen molar-refractivity contribution in [3.8, 4) is 0 Å². The Kier molecular flexibility index (Phi) is 3.86. The molecular weight excluding hydrogens is 266 g/mol. The van der Waals surface area contributed by atoms with Crippen LogP contribution in [0.25, 0.3) is 0 Å². The highest BCUT2D eigenvalue weighted by Gasteiger charge is 2.41. The van der Waals surface area contributed by atoms with Crippen LogP contribution in [0.3, 0.4) is 0 Å². The normalized spacial score (nSPS) is 41.9. The van der Waals surface area contributed by atoms with Crippen molar-refractivity contribution in [2.75, 3.05) is 32.1 Å². The van der Waals surface area contributed by atoms with Gasteiger partial charge in [-0.25, -0.2) is 8.42 Å². The highest BCUT2D eigenvalue weighted by molar-refractivity contribution is 7.92. The summed E-state index contributed by atoms with van der Waals surface area (Å²) in [5.41, 5.74) is -0.107. The Labute approximate surface area is 115 Å². The Hall–Kier alpha value is -0.170. The average Bonchev–Trinajstić information content (AvgIpc) is 2.94. The van der Waals surface area contributed by atoms with Gasteiger partial charge in [0.25, 0.3) is 0 Å². The molecule has 3 aliphatic rings. The number of nitrogens with one attached hydrogen (secondary N) is 1. The van der Waals surface area contributed by atoms with Gasteiger partial charge in [0, 0.05) is 32.2 Å². The number of ether oxygens (including phenoxy) is 2. The first kappa shape index (κ1) is 13.8. The van der Waals surface area contributed by atoms with Gasteiger partial charge >= 0.3 is 0 Å². The fourth-order valence-corrected chi connectivity index (χ4v) is 5.23. The van der Waals surface area contributed by atoms with Gasteiger partial charge in [-0.1, -0.05) is 0 Å². The molecule has 0 aliphatic carbocycles. The van der Waals surface area contributed by atoms with Crippen LogP contribution < -0.4 is 5.32 Å². The van der Waals surface area contributed by atoms with Crippen molar-refractivity contribution in [3.05, 3.63) is 0 Å². The zero-order valence-corrected chi connectivity index (χ0v) is 12.1. The second kappa shape index (κ2) is 5.31. The van der Waals surface area contributed by atoms with Gasteiger partial charge in [0.15, 0.2) is 9.84 Å². The SMILES string of the molecule is O=S1(=O)CCCC1CNC1CCOC2(CCOC2)C1. The fourth-order valence-electron chi connectivity index (χ4n) is 3.45. The maximum atomic E-state index is 11.8. The van der Waals surface area contributed by atoms with Gasteiger partial charge in [-0.05, 0) is 25.7 Å². The molecule has 0 aromatic heterocycles. The summed E-state index contributed by atoms with van der Waals surface area (Å²) in [4.78, 5) is 0. The molecule has 0 saturated carbocycles. The molecule has 19 heavy (non-hydrogen) atoms. The molecule has 3 saturated heterocycles. The van der Waals surface area contributed by atoms with Gasteiger partial charge in [-0.3, -0.25) is 0 Å². The predicted molar refractivity (Wildman–Crippen MR) is 72.0 cm³/mol. The monoisotopic (exact) mass is 289 g/mol. The lowest BCUT2D eigenvalue weighted by Crippen LogP contribution is -2.49. The fraction of sp³-hybridized carbons (Fsp3) is 1.00. The summed E-state index contributed by atoms with van der Waals surface area (Å²) in [5.74, 6) is 0.366. The van der Waals surface area contributed by atoms with Gasteiger partial charge < -0.3 is 14.8 Å². The van der Waals surface area contributed by atoms with Gasteiger partial charge in [-0.15, -0.1) is 0 Å². The van der Waals surface area contributed by atoms with E-state index < -0.39 is 9.84 Å². The smallest absolute Gasteiger partial charge is 0.154 e. The zero-order chi connectivity index (χ0) is 13.3. The van der Waals surface area contributed by atoms with Gasteiger partial charge in [-0.2, -0.15) is 0 Å². The third kappa shape index (κ3) is 2.96. The van der Waals surface area contributed by atoms with Crippen molar-refractivity contribution in [1.82, 2.24) is 5.32 Å². The molecule has 3 rings (SSSR count). The summed E-state index contributed by atoms with van der Waals surface area (Å²) in [7, 11) is -2.83. The third-order valence-electron chi connectivity index (χ3n) is 4.66. The van der Waals surface area contributed by atoms with E-state index in [0.717, 1.165) is 45.3 Å². The van der Waals surface area contributed by atoms with E-state index in [1.165, 1.54) is 0 Å². The van der Waals surface area contributed by atoms with E-state index in [4.69, 9.17) is 9.47 Å². The Bertz CT molecular complexity index is 416. The number of sulfone groups is 1. The van der Waals surface area contributed by atoms with Crippen molar-refractivity contribution in [2.45, 2.75) is 49.0 Å². The van der Waals surface area contributed by atoms with E-state index in [2.05, 4.69) is 5.32 Å². The summed E-state index contributed by atoms with van der Waals surface area (Å²) in [6.07, 6.45) is 4.51. The van der Waals surface area contributed by atoms with Gasteiger partial charge in [0.2, 0.25) is 0 Å². The Morgan fingerprint density at radius 1 is 1.26 bits per heavy atom. The topological polar surface area (TPSA) is 64.6 Å². The molecule has 5 nitrogen and oxygen atoms in total. The van der Waals surface area contributed by atoms with Crippen molar-refractivity contribution >= 4 is 9.84 Å². The van der Waals surface area contributed by atoms with Crippen LogP contribution in [0.15, 0.2) is 0 Å². The van der Waals surface area contributed by atoms with Crippen LogP contribution >= 0.6 is 0 Å². The van der Waals surface area contributed by atoms with E-state index in [1.54, 1.807) is 0 Å². The minimum absolute atomic E-state index is 0.107. The summed E-state index contributed by atoms with van der Waals surface area (Å²) >= 11 is 0.